The fourth-order valence-corrected chi connectivity index (χ4v) is 2.12. The Morgan fingerprint density at radius 3 is 3.06 bits per heavy atom. The fourth-order valence-electron chi connectivity index (χ4n) is 2.12. The molecule has 0 aliphatic carbocycles. The molecule has 1 saturated heterocycles. The maximum atomic E-state index is 12.7. The van der Waals surface area contributed by atoms with Gasteiger partial charge in [-0.25, -0.2) is 9.37 Å². The van der Waals surface area contributed by atoms with Crippen molar-refractivity contribution in [3.8, 4) is 0 Å². The highest BCUT2D eigenvalue weighted by Crippen LogP contribution is 2.17. The van der Waals surface area contributed by atoms with E-state index in [1.54, 1.807) is 6.07 Å². The molecule has 0 radical (unpaired) electrons. The van der Waals surface area contributed by atoms with Crippen LogP contribution in [0.4, 0.5) is 10.2 Å². The Morgan fingerprint density at radius 1 is 1.56 bits per heavy atom. The molecule has 0 saturated carbocycles. The molecule has 16 heavy (non-hydrogen) atoms. The molecule has 3 nitrogen and oxygen atoms in total. The van der Waals surface area contributed by atoms with Gasteiger partial charge >= 0.3 is 0 Å². The molecule has 1 aliphatic rings. The van der Waals surface area contributed by atoms with Crippen molar-refractivity contribution in [3.63, 3.8) is 0 Å². The van der Waals surface area contributed by atoms with E-state index < -0.39 is 0 Å². The SMILES string of the molecule is CC(Nc1ccc(F)cn1)C1CCCNC1. The summed E-state index contributed by atoms with van der Waals surface area (Å²) in [4.78, 5) is 4.01. The summed E-state index contributed by atoms with van der Waals surface area (Å²) in [6.45, 7) is 4.33. The first-order valence-electron chi connectivity index (χ1n) is 5.84. The molecule has 0 bridgehead atoms. The van der Waals surface area contributed by atoms with E-state index in [0.717, 1.165) is 18.9 Å². The van der Waals surface area contributed by atoms with Gasteiger partial charge in [-0.05, 0) is 50.9 Å². The number of anilines is 1. The van der Waals surface area contributed by atoms with Crippen LogP contribution >= 0.6 is 0 Å². The van der Waals surface area contributed by atoms with Gasteiger partial charge in [0.25, 0.3) is 0 Å². The lowest BCUT2D eigenvalue weighted by Crippen LogP contribution is -2.38. The maximum Gasteiger partial charge on any atom is 0.141 e. The van der Waals surface area contributed by atoms with Crippen molar-refractivity contribution in [1.29, 1.82) is 0 Å². The Labute approximate surface area is 95.5 Å². The lowest BCUT2D eigenvalue weighted by atomic mass is 9.93. The summed E-state index contributed by atoms with van der Waals surface area (Å²) in [7, 11) is 0. The maximum absolute atomic E-state index is 12.7. The summed E-state index contributed by atoms with van der Waals surface area (Å²) in [5, 5.41) is 6.71. The van der Waals surface area contributed by atoms with E-state index >= 15 is 0 Å². The van der Waals surface area contributed by atoms with Gasteiger partial charge in [0.15, 0.2) is 0 Å². The number of aromatic nitrogens is 1. The van der Waals surface area contributed by atoms with Crippen molar-refractivity contribution in [2.75, 3.05) is 18.4 Å². The van der Waals surface area contributed by atoms with E-state index in [2.05, 4.69) is 22.5 Å². The predicted octanol–water partition coefficient (Wildman–Crippen LogP) is 2.02. The van der Waals surface area contributed by atoms with Crippen molar-refractivity contribution < 1.29 is 4.39 Å². The second kappa shape index (κ2) is 5.25. The highest BCUT2D eigenvalue weighted by molar-refractivity contribution is 5.34. The zero-order valence-corrected chi connectivity index (χ0v) is 9.54. The van der Waals surface area contributed by atoms with E-state index in [4.69, 9.17) is 0 Å². The van der Waals surface area contributed by atoms with Crippen LogP contribution in [0.1, 0.15) is 19.8 Å². The molecule has 1 fully saturated rings. The molecule has 2 N–H and O–H groups in total. The molecule has 0 amide bonds. The second-order valence-corrected chi connectivity index (χ2v) is 4.40. The van der Waals surface area contributed by atoms with Gasteiger partial charge in [-0.15, -0.1) is 0 Å². The van der Waals surface area contributed by atoms with E-state index in [1.165, 1.54) is 25.1 Å². The van der Waals surface area contributed by atoms with E-state index in [9.17, 15) is 4.39 Å². The first-order valence-corrected chi connectivity index (χ1v) is 5.84. The first-order chi connectivity index (χ1) is 7.75. The summed E-state index contributed by atoms with van der Waals surface area (Å²) >= 11 is 0. The molecule has 2 rings (SSSR count). The third kappa shape index (κ3) is 2.92. The van der Waals surface area contributed by atoms with Crippen LogP contribution in [0.5, 0.6) is 0 Å². The van der Waals surface area contributed by atoms with Crippen LogP contribution in [-0.2, 0) is 0 Å². The van der Waals surface area contributed by atoms with E-state index in [-0.39, 0.29) is 5.82 Å². The van der Waals surface area contributed by atoms with Crippen LogP contribution in [-0.4, -0.2) is 24.1 Å². The van der Waals surface area contributed by atoms with Gasteiger partial charge in [-0.1, -0.05) is 0 Å². The van der Waals surface area contributed by atoms with Crippen molar-refractivity contribution >= 4 is 5.82 Å². The van der Waals surface area contributed by atoms with E-state index in [1.807, 2.05) is 0 Å². The zero-order chi connectivity index (χ0) is 11.4. The normalized spacial score (nSPS) is 22.8. The number of hydrogen-bond acceptors (Lipinski definition) is 3. The number of hydrogen-bond donors (Lipinski definition) is 2. The summed E-state index contributed by atoms with van der Waals surface area (Å²) in [5.41, 5.74) is 0. The Balaban J connectivity index is 1.90. The van der Waals surface area contributed by atoms with Gasteiger partial charge in [0.2, 0.25) is 0 Å². The summed E-state index contributed by atoms with van der Waals surface area (Å²) in [6.07, 6.45) is 3.71. The minimum Gasteiger partial charge on any atom is -0.367 e. The minimum absolute atomic E-state index is 0.294. The van der Waals surface area contributed by atoms with Crippen molar-refractivity contribution in [2.45, 2.75) is 25.8 Å². The predicted molar refractivity (Wildman–Crippen MR) is 62.9 cm³/mol. The minimum atomic E-state index is -0.294. The van der Waals surface area contributed by atoms with Crippen LogP contribution in [0.15, 0.2) is 18.3 Å². The van der Waals surface area contributed by atoms with Gasteiger partial charge in [-0.2, -0.15) is 0 Å². The number of rotatable bonds is 3. The Bertz CT molecular complexity index is 320. The molecule has 88 valence electrons. The monoisotopic (exact) mass is 223 g/mol. The topological polar surface area (TPSA) is 37.0 Å². The molecular weight excluding hydrogens is 205 g/mol. The highest BCUT2D eigenvalue weighted by Gasteiger charge is 2.19. The first kappa shape index (κ1) is 11.3. The molecule has 2 unspecified atom stereocenters. The molecule has 2 heterocycles. The molecule has 1 aliphatic heterocycles. The van der Waals surface area contributed by atoms with Crippen LogP contribution in [0.2, 0.25) is 0 Å². The molecule has 0 aromatic carbocycles. The Morgan fingerprint density at radius 2 is 2.44 bits per heavy atom. The van der Waals surface area contributed by atoms with Crippen LogP contribution < -0.4 is 10.6 Å². The summed E-state index contributed by atoms with van der Waals surface area (Å²) in [5.74, 6) is 1.08. The number of nitrogens with zero attached hydrogens (tertiary/aromatic N) is 1. The van der Waals surface area contributed by atoms with Gasteiger partial charge in [-0.3, -0.25) is 0 Å². The lowest BCUT2D eigenvalue weighted by molar-refractivity contribution is 0.346. The lowest BCUT2D eigenvalue weighted by Gasteiger charge is -2.29. The van der Waals surface area contributed by atoms with Crippen molar-refractivity contribution in [1.82, 2.24) is 10.3 Å². The Hall–Kier alpha value is -1.16. The average molecular weight is 223 g/mol. The summed E-state index contributed by atoms with van der Waals surface area (Å²) < 4.78 is 12.7. The fraction of sp³-hybridized carbons (Fsp3) is 0.583. The van der Waals surface area contributed by atoms with Crippen LogP contribution in [0, 0.1) is 11.7 Å². The molecular formula is C12H18FN3. The largest absolute Gasteiger partial charge is 0.367 e. The molecule has 4 heteroatoms. The number of pyridine rings is 1. The second-order valence-electron chi connectivity index (χ2n) is 4.40. The van der Waals surface area contributed by atoms with Gasteiger partial charge in [0.05, 0.1) is 6.20 Å². The molecule has 1 aromatic rings. The van der Waals surface area contributed by atoms with Gasteiger partial charge in [0, 0.05) is 6.04 Å². The van der Waals surface area contributed by atoms with Gasteiger partial charge < -0.3 is 10.6 Å². The van der Waals surface area contributed by atoms with Crippen LogP contribution in [0.3, 0.4) is 0 Å². The smallest absolute Gasteiger partial charge is 0.141 e. The standard InChI is InChI=1S/C12H18FN3/c1-9(10-3-2-6-14-7-10)16-12-5-4-11(13)8-15-12/h4-5,8-10,14H,2-3,6-7H2,1H3,(H,15,16). The van der Waals surface area contributed by atoms with Crippen LogP contribution in [0.25, 0.3) is 0 Å². The molecule has 2 atom stereocenters. The van der Waals surface area contributed by atoms with Crippen molar-refractivity contribution in [3.05, 3.63) is 24.1 Å². The van der Waals surface area contributed by atoms with Crippen molar-refractivity contribution in [2.24, 2.45) is 5.92 Å². The van der Waals surface area contributed by atoms with Gasteiger partial charge in [0.1, 0.15) is 11.6 Å². The number of nitrogens with one attached hydrogen (secondary N) is 2. The van der Waals surface area contributed by atoms with E-state index in [0.29, 0.717) is 12.0 Å². The molecule has 1 aromatic heterocycles. The quantitative estimate of drug-likeness (QED) is 0.823. The number of piperidine rings is 1. The summed E-state index contributed by atoms with van der Waals surface area (Å²) in [6, 6.07) is 3.48. The third-order valence-electron chi connectivity index (χ3n) is 3.15. The Kier molecular flexibility index (Phi) is 3.72. The highest BCUT2D eigenvalue weighted by atomic mass is 19.1. The number of halogens is 1. The average Bonchev–Trinajstić information content (AvgIpc) is 2.33. The molecule has 0 spiro atoms. The zero-order valence-electron chi connectivity index (χ0n) is 9.54. The third-order valence-corrected chi connectivity index (χ3v) is 3.15.